The van der Waals surface area contributed by atoms with Crippen LogP contribution in [0.15, 0.2) is 18.2 Å². The van der Waals surface area contributed by atoms with Gasteiger partial charge in [-0.05, 0) is 37.0 Å². The molecule has 1 saturated heterocycles. The molecule has 1 unspecified atom stereocenters. The maximum atomic E-state index is 6.19. The van der Waals surface area contributed by atoms with Crippen LogP contribution in [0.5, 0.6) is 0 Å². The molecule has 1 aliphatic rings. The summed E-state index contributed by atoms with van der Waals surface area (Å²) in [6, 6.07) is 5.94. The molecule has 1 aliphatic heterocycles. The summed E-state index contributed by atoms with van der Waals surface area (Å²) >= 11 is 11.1. The van der Waals surface area contributed by atoms with Gasteiger partial charge in [-0.2, -0.15) is 0 Å². The lowest BCUT2D eigenvalue weighted by Crippen LogP contribution is -2.34. The van der Waals surface area contributed by atoms with Gasteiger partial charge in [-0.15, -0.1) is 0 Å². The Bertz CT molecular complexity index is 433. The van der Waals surface area contributed by atoms with E-state index in [1.165, 1.54) is 18.5 Å². The van der Waals surface area contributed by atoms with Crippen LogP contribution in [0, 0.1) is 5.92 Å². The van der Waals surface area contributed by atoms with Crippen LogP contribution in [0.1, 0.15) is 25.3 Å². The number of benzene rings is 1. The number of nitrogens with two attached hydrogens (primary N) is 1. The molecule has 1 fully saturated rings. The van der Waals surface area contributed by atoms with Gasteiger partial charge in [0, 0.05) is 24.3 Å². The van der Waals surface area contributed by atoms with Gasteiger partial charge >= 0.3 is 0 Å². The van der Waals surface area contributed by atoms with E-state index in [4.69, 9.17) is 29.6 Å². The van der Waals surface area contributed by atoms with Crippen molar-refractivity contribution in [3.63, 3.8) is 0 Å². The molecule has 2 rings (SSSR count). The van der Waals surface area contributed by atoms with Crippen LogP contribution in [0.4, 0.5) is 5.69 Å². The lowest BCUT2D eigenvalue weighted by Gasteiger charge is -2.33. The quantitative estimate of drug-likeness (QED) is 0.836. The van der Waals surface area contributed by atoms with Crippen molar-refractivity contribution in [2.75, 3.05) is 18.0 Å². The summed E-state index contributed by atoms with van der Waals surface area (Å²) in [4.78, 5) is 2.73. The lowest BCUT2D eigenvalue weighted by molar-refractivity contribution is 0.447. The van der Waals surface area contributed by atoms with Gasteiger partial charge in [0.1, 0.15) is 4.99 Å². The third-order valence-corrected chi connectivity index (χ3v) is 3.77. The van der Waals surface area contributed by atoms with Crippen LogP contribution in [-0.4, -0.2) is 18.1 Å². The largest absolute Gasteiger partial charge is 0.389 e. The van der Waals surface area contributed by atoms with Crippen LogP contribution in [0.2, 0.25) is 5.02 Å². The molecule has 2 nitrogen and oxygen atoms in total. The van der Waals surface area contributed by atoms with E-state index in [2.05, 4.69) is 17.9 Å². The first-order valence-electron chi connectivity index (χ1n) is 5.92. The summed E-state index contributed by atoms with van der Waals surface area (Å²) < 4.78 is 0. The summed E-state index contributed by atoms with van der Waals surface area (Å²) in [6.07, 6.45) is 2.56. The van der Waals surface area contributed by atoms with Crippen molar-refractivity contribution in [3.8, 4) is 0 Å². The summed E-state index contributed by atoms with van der Waals surface area (Å²) in [5, 5.41) is 0.647. The Morgan fingerprint density at radius 2 is 2.29 bits per heavy atom. The number of anilines is 1. The second-order valence-electron chi connectivity index (χ2n) is 4.72. The molecule has 0 aromatic heterocycles. The molecule has 2 N–H and O–H groups in total. The van der Waals surface area contributed by atoms with E-state index in [1.54, 1.807) is 0 Å². The second kappa shape index (κ2) is 5.23. The van der Waals surface area contributed by atoms with Crippen LogP contribution in [0.25, 0.3) is 0 Å². The summed E-state index contributed by atoms with van der Waals surface area (Å²) in [6.45, 7) is 4.49. The fourth-order valence-electron chi connectivity index (χ4n) is 2.32. The minimum atomic E-state index is 0.355. The second-order valence-corrected chi connectivity index (χ2v) is 5.57. The van der Waals surface area contributed by atoms with Crippen molar-refractivity contribution in [2.45, 2.75) is 19.8 Å². The molecule has 1 aromatic carbocycles. The van der Waals surface area contributed by atoms with Gasteiger partial charge in [-0.25, -0.2) is 0 Å². The molecule has 0 aliphatic carbocycles. The molecule has 4 heteroatoms. The number of hydrogen-bond donors (Lipinski definition) is 1. The number of hydrogen-bond acceptors (Lipinski definition) is 2. The molecule has 0 radical (unpaired) electrons. The first-order chi connectivity index (χ1) is 8.08. The number of rotatable bonds is 2. The van der Waals surface area contributed by atoms with Crippen molar-refractivity contribution in [3.05, 3.63) is 28.8 Å². The Labute approximate surface area is 113 Å². The van der Waals surface area contributed by atoms with E-state index in [0.29, 0.717) is 10.0 Å². The molecule has 1 heterocycles. The Balaban J connectivity index is 2.22. The van der Waals surface area contributed by atoms with E-state index in [1.807, 2.05) is 12.1 Å². The third-order valence-electron chi connectivity index (χ3n) is 3.24. The van der Waals surface area contributed by atoms with Gasteiger partial charge in [0.05, 0.1) is 5.02 Å². The lowest BCUT2D eigenvalue weighted by atomic mass is 9.99. The summed E-state index contributed by atoms with van der Waals surface area (Å²) in [5.41, 5.74) is 7.53. The number of nitrogens with zero attached hydrogens (tertiary/aromatic N) is 1. The molecule has 0 spiro atoms. The number of piperidine rings is 1. The number of thiocarbonyl (C=S) groups is 1. The molecule has 1 atom stereocenters. The fourth-order valence-corrected chi connectivity index (χ4v) is 2.84. The van der Waals surface area contributed by atoms with Gasteiger partial charge in [-0.1, -0.05) is 30.7 Å². The Kier molecular flexibility index (Phi) is 3.89. The fraction of sp³-hybridized carbons (Fsp3) is 0.462. The standard InChI is InChI=1S/C13H17ClN2S/c1-9-3-2-6-16(8-9)10-4-5-11(13(15)17)12(14)7-10/h4-5,7,9H,2-3,6,8H2,1H3,(H2,15,17). The van der Waals surface area contributed by atoms with Gasteiger partial charge in [0.15, 0.2) is 0 Å². The van der Waals surface area contributed by atoms with Crippen LogP contribution in [0.3, 0.4) is 0 Å². The zero-order valence-corrected chi connectivity index (χ0v) is 11.5. The van der Waals surface area contributed by atoms with Gasteiger partial charge in [0.2, 0.25) is 0 Å². The molecule has 92 valence electrons. The van der Waals surface area contributed by atoms with E-state index < -0.39 is 0 Å². The Morgan fingerprint density at radius 3 is 2.88 bits per heavy atom. The highest BCUT2D eigenvalue weighted by Gasteiger charge is 2.17. The van der Waals surface area contributed by atoms with Gasteiger partial charge in [0.25, 0.3) is 0 Å². The minimum absolute atomic E-state index is 0.355. The summed E-state index contributed by atoms with van der Waals surface area (Å²) in [7, 11) is 0. The van der Waals surface area contributed by atoms with Gasteiger partial charge in [-0.3, -0.25) is 0 Å². The SMILES string of the molecule is CC1CCCN(c2ccc(C(N)=S)c(Cl)c2)C1. The average Bonchev–Trinajstić information content (AvgIpc) is 2.28. The molecule has 1 aromatic rings. The highest BCUT2D eigenvalue weighted by Crippen LogP contribution is 2.27. The smallest absolute Gasteiger partial charge is 0.105 e. The summed E-state index contributed by atoms with van der Waals surface area (Å²) in [5.74, 6) is 0.748. The predicted octanol–water partition coefficient (Wildman–Crippen LogP) is 3.21. The predicted molar refractivity (Wildman–Crippen MR) is 78.0 cm³/mol. The molecule has 0 saturated carbocycles. The number of halogens is 1. The highest BCUT2D eigenvalue weighted by atomic mass is 35.5. The molecule has 0 amide bonds. The van der Waals surface area contributed by atoms with Crippen LogP contribution in [-0.2, 0) is 0 Å². The van der Waals surface area contributed by atoms with Gasteiger partial charge < -0.3 is 10.6 Å². The minimum Gasteiger partial charge on any atom is -0.389 e. The van der Waals surface area contributed by atoms with Crippen LogP contribution >= 0.6 is 23.8 Å². The monoisotopic (exact) mass is 268 g/mol. The van der Waals surface area contributed by atoms with Crippen LogP contribution < -0.4 is 10.6 Å². The third kappa shape index (κ3) is 2.90. The molecular weight excluding hydrogens is 252 g/mol. The van der Waals surface area contributed by atoms with Crippen molar-refractivity contribution in [1.29, 1.82) is 0 Å². The maximum Gasteiger partial charge on any atom is 0.105 e. The highest BCUT2D eigenvalue weighted by molar-refractivity contribution is 7.80. The molecule has 17 heavy (non-hydrogen) atoms. The average molecular weight is 269 g/mol. The topological polar surface area (TPSA) is 29.3 Å². The van der Waals surface area contributed by atoms with Crippen molar-refractivity contribution >= 4 is 34.5 Å². The normalized spacial score (nSPS) is 20.4. The first kappa shape index (κ1) is 12.7. The van der Waals surface area contributed by atoms with E-state index in [0.717, 1.165) is 24.6 Å². The Morgan fingerprint density at radius 1 is 1.53 bits per heavy atom. The zero-order valence-electron chi connectivity index (χ0n) is 9.95. The maximum absolute atomic E-state index is 6.19. The van der Waals surface area contributed by atoms with Crippen molar-refractivity contribution < 1.29 is 0 Å². The molecular formula is C13H17ClN2S. The van der Waals surface area contributed by atoms with E-state index in [9.17, 15) is 0 Å². The molecule has 0 bridgehead atoms. The first-order valence-corrected chi connectivity index (χ1v) is 6.71. The van der Waals surface area contributed by atoms with Crippen molar-refractivity contribution in [2.24, 2.45) is 11.7 Å². The Hall–Kier alpha value is -0.800. The van der Waals surface area contributed by atoms with E-state index >= 15 is 0 Å². The van der Waals surface area contributed by atoms with E-state index in [-0.39, 0.29) is 0 Å². The zero-order chi connectivity index (χ0) is 12.4. The van der Waals surface area contributed by atoms with Crippen molar-refractivity contribution in [1.82, 2.24) is 0 Å².